The molecule has 1 unspecified atom stereocenters. The maximum atomic E-state index is 11.8. The normalized spacial score (nSPS) is 11.6. The summed E-state index contributed by atoms with van der Waals surface area (Å²) in [6, 6.07) is 2.06. The summed E-state index contributed by atoms with van der Waals surface area (Å²) in [6.45, 7) is 2.11. The molecule has 84 valence electrons. The molecule has 0 spiro atoms. The van der Waals surface area contributed by atoms with Gasteiger partial charge < -0.3 is 4.90 Å². The molecule has 5 nitrogen and oxygen atoms in total. The number of hydrogen-bond acceptors (Lipinski definition) is 4. The molecule has 0 saturated heterocycles. The van der Waals surface area contributed by atoms with Crippen LogP contribution in [0.1, 0.15) is 17.4 Å². The van der Waals surface area contributed by atoms with Crippen molar-refractivity contribution in [2.24, 2.45) is 5.92 Å². The van der Waals surface area contributed by atoms with Gasteiger partial charge in [0.25, 0.3) is 5.91 Å². The largest absolute Gasteiger partial charge is 0.339 e. The molecule has 0 N–H and O–H groups in total. The van der Waals surface area contributed by atoms with E-state index in [-0.39, 0.29) is 22.7 Å². The molecule has 1 atom stereocenters. The Kier molecular flexibility index (Phi) is 4.20. The lowest BCUT2D eigenvalue weighted by molar-refractivity contribution is 0.0779. The van der Waals surface area contributed by atoms with Crippen LogP contribution < -0.4 is 0 Å². The quantitative estimate of drug-likeness (QED) is 0.797. The van der Waals surface area contributed by atoms with Gasteiger partial charge in [0.05, 0.1) is 24.4 Å². The highest BCUT2D eigenvalue weighted by Gasteiger charge is 2.15. The Balaban J connectivity index is 2.71. The summed E-state index contributed by atoms with van der Waals surface area (Å²) in [4.78, 5) is 20.9. The van der Waals surface area contributed by atoms with Gasteiger partial charge >= 0.3 is 0 Å². The average Bonchev–Trinajstić information content (AvgIpc) is 2.28. The average molecular weight is 239 g/mol. The number of carbonyl (C=O) groups is 1. The summed E-state index contributed by atoms with van der Waals surface area (Å²) in [6.07, 6.45) is 2.63. The van der Waals surface area contributed by atoms with Gasteiger partial charge in [-0.25, -0.2) is 9.97 Å². The molecule has 0 aliphatic rings. The smallest absolute Gasteiger partial charge is 0.273 e. The number of nitriles is 1. The molecule has 1 amide bonds. The van der Waals surface area contributed by atoms with E-state index < -0.39 is 0 Å². The molecule has 0 aliphatic carbocycles. The number of nitrogens with zero attached hydrogens (tertiary/aromatic N) is 4. The molecule has 1 heterocycles. The van der Waals surface area contributed by atoms with Crippen molar-refractivity contribution in [3.05, 3.63) is 23.2 Å². The molecule has 16 heavy (non-hydrogen) atoms. The first-order valence-corrected chi connectivity index (χ1v) is 5.05. The molecule has 0 radical (unpaired) electrons. The van der Waals surface area contributed by atoms with Crippen LogP contribution in [0.2, 0.25) is 5.15 Å². The van der Waals surface area contributed by atoms with Crippen molar-refractivity contribution in [2.75, 3.05) is 13.6 Å². The second kappa shape index (κ2) is 5.42. The predicted octanol–water partition coefficient (Wildman–Crippen LogP) is 1.36. The van der Waals surface area contributed by atoms with Crippen LogP contribution in [-0.4, -0.2) is 34.4 Å². The fraction of sp³-hybridized carbons (Fsp3) is 0.400. The molecular weight excluding hydrogens is 228 g/mol. The van der Waals surface area contributed by atoms with E-state index in [0.29, 0.717) is 6.54 Å². The Morgan fingerprint density at radius 3 is 2.81 bits per heavy atom. The van der Waals surface area contributed by atoms with Gasteiger partial charge in [0.1, 0.15) is 10.8 Å². The van der Waals surface area contributed by atoms with E-state index in [4.69, 9.17) is 16.9 Å². The van der Waals surface area contributed by atoms with Crippen LogP contribution in [0.3, 0.4) is 0 Å². The van der Waals surface area contributed by atoms with Crippen LogP contribution in [0.15, 0.2) is 12.4 Å². The van der Waals surface area contributed by atoms with Crippen molar-refractivity contribution in [1.82, 2.24) is 14.9 Å². The predicted molar refractivity (Wildman–Crippen MR) is 58.8 cm³/mol. The molecule has 1 rings (SSSR count). The van der Waals surface area contributed by atoms with Gasteiger partial charge in [-0.2, -0.15) is 5.26 Å². The molecule has 0 fully saturated rings. The zero-order valence-electron chi connectivity index (χ0n) is 9.01. The van der Waals surface area contributed by atoms with Crippen LogP contribution >= 0.6 is 11.6 Å². The SMILES string of the molecule is CC(C#N)CN(C)C(=O)c1cnc(Cl)cn1. The topological polar surface area (TPSA) is 69.9 Å². The molecular formula is C10H11ClN4O. The molecule has 0 aromatic carbocycles. The van der Waals surface area contributed by atoms with Gasteiger partial charge in [-0.3, -0.25) is 4.79 Å². The van der Waals surface area contributed by atoms with E-state index in [1.807, 2.05) is 0 Å². The first-order valence-electron chi connectivity index (χ1n) is 4.67. The zero-order chi connectivity index (χ0) is 12.1. The van der Waals surface area contributed by atoms with Crippen LogP contribution in [0.5, 0.6) is 0 Å². The molecule has 6 heteroatoms. The van der Waals surface area contributed by atoms with Gasteiger partial charge in [0.15, 0.2) is 0 Å². The van der Waals surface area contributed by atoms with E-state index in [1.165, 1.54) is 17.3 Å². The highest BCUT2D eigenvalue weighted by Crippen LogP contribution is 2.05. The Labute approximate surface area is 98.7 Å². The minimum Gasteiger partial charge on any atom is -0.339 e. The van der Waals surface area contributed by atoms with Crippen molar-refractivity contribution < 1.29 is 4.79 Å². The van der Waals surface area contributed by atoms with Crippen molar-refractivity contribution in [1.29, 1.82) is 5.26 Å². The van der Waals surface area contributed by atoms with E-state index >= 15 is 0 Å². The van der Waals surface area contributed by atoms with E-state index in [9.17, 15) is 4.79 Å². The fourth-order valence-corrected chi connectivity index (χ4v) is 1.25. The summed E-state index contributed by atoms with van der Waals surface area (Å²) >= 11 is 5.56. The Morgan fingerprint density at radius 2 is 2.31 bits per heavy atom. The van der Waals surface area contributed by atoms with E-state index in [0.717, 1.165) is 0 Å². The number of carbonyl (C=O) groups excluding carboxylic acids is 1. The summed E-state index contributed by atoms with van der Waals surface area (Å²) < 4.78 is 0. The van der Waals surface area contributed by atoms with Crippen molar-refractivity contribution in [3.8, 4) is 6.07 Å². The van der Waals surface area contributed by atoms with Gasteiger partial charge in [0.2, 0.25) is 0 Å². The Morgan fingerprint density at radius 1 is 1.62 bits per heavy atom. The first kappa shape index (κ1) is 12.4. The molecule has 1 aromatic heterocycles. The number of amides is 1. The standard InChI is InChI=1S/C10H11ClN4O/c1-7(3-12)6-15(2)10(16)8-4-14-9(11)5-13-8/h4-5,7H,6H2,1-2H3. The minimum absolute atomic E-state index is 0.214. The second-order valence-corrected chi connectivity index (χ2v) is 3.83. The zero-order valence-corrected chi connectivity index (χ0v) is 9.77. The highest BCUT2D eigenvalue weighted by molar-refractivity contribution is 6.29. The second-order valence-electron chi connectivity index (χ2n) is 3.44. The first-order chi connectivity index (χ1) is 7.54. The van der Waals surface area contributed by atoms with E-state index in [1.54, 1.807) is 14.0 Å². The molecule has 0 aliphatic heterocycles. The van der Waals surface area contributed by atoms with Crippen LogP contribution in [0.4, 0.5) is 0 Å². The third-order valence-corrected chi connectivity index (χ3v) is 2.15. The Bertz CT molecular complexity index is 412. The van der Waals surface area contributed by atoms with Gasteiger partial charge in [-0.15, -0.1) is 0 Å². The molecule has 1 aromatic rings. The van der Waals surface area contributed by atoms with Gasteiger partial charge in [-0.1, -0.05) is 11.6 Å². The lowest BCUT2D eigenvalue weighted by Crippen LogP contribution is -2.31. The third-order valence-electron chi connectivity index (χ3n) is 1.95. The van der Waals surface area contributed by atoms with Gasteiger partial charge in [0, 0.05) is 13.6 Å². The summed E-state index contributed by atoms with van der Waals surface area (Å²) in [5.41, 5.74) is 0.219. The van der Waals surface area contributed by atoms with Crippen LogP contribution in [-0.2, 0) is 0 Å². The summed E-state index contributed by atoms with van der Waals surface area (Å²) in [5.74, 6) is -0.486. The highest BCUT2D eigenvalue weighted by atomic mass is 35.5. The minimum atomic E-state index is -0.272. The van der Waals surface area contributed by atoms with Crippen molar-refractivity contribution >= 4 is 17.5 Å². The number of aromatic nitrogens is 2. The lowest BCUT2D eigenvalue weighted by atomic mass is 10.2. The Hall–Kier alpha value is -1.67. The maximum absolute atomic E-state index is 11.8. The number of halogens is 1. The fourth-order valence-electron chi connectivity index (χ4n) is 1.15. The lowest BCUT2D eigenvalue weighted by Gasteiger charge is -2.17. The van der Waals surface area contributed by atoms with Gasteiger partial charge in [-0.05, 0) is 6.92 Å². The van der Waals surface area contributed by atoms with E-state index in [2.05, 4.69) is 16.0 Å². The van der Waals surface area contributed by atoms with Crippen molar-refractivity contribution in [2.45, 2.75) is 6.92 Å². The number of hydrogen-bond donors (Lipinski definition) is 0. The summed E-state index contributed by atoms with van der Waals surface area (Å²) in [7, 11) is 1.62. The maximum Gasteiger partial charge on any atom is 0.273 e. The van der Waals surface area contributed by atoms with Crippen LogP contribution in [0, 0.1) is 17.2 Å². The molecule has 0 bridgehead atoms. The number of rotatable bonds is 3. The van der Waals surface area contributed by atoms with Crippen molar-refractivity contribution in [3.63, 3.8) is 0 Å². The van der Waals surface area contributed by atoms with Crippen LogP contribution in [0.25, 0.3) is 0 Å². The molecule has 0 saturated carbocycles. The third kappa shape index (κ3) is 3.17. The monoisotopic (exact) mass is 238 g/mol. The summed E-state index contributed by atoms with van der Waals surface area (Å²) in [5, 5.41) is 8.88.